The Hall–Kier alpha value is -1.91. The first-order valence-corrected chi connectivity index (χ1v) is 8.26. The van der Waals surface area contributed by atoms with Crippen molar-refractivity contribution in [3.63, 3.8) is 0 Å². The van der Waals surface area contributed by atoms with Crippen LogP contribution in [0.5, 0.6) is 0 Å². The summed E-state index contributed by atoms with van der Waals surface area (Å²) < 4.78 is 0. The van der Waals surface area contributed by atoms with Crippen LogP contribution in [-0.2, 0) is 6.54 Å². The van der Waals surface area contributed by atoms with Gasteiger partial charge in [-0.25, -0.2) is 0 Å². The molecule has 0 unspecified atom stereocenters. The molecule has 0 atom stereocenters. The lowest BCUT2D eigenvalue weighted by molar-refractivity contribution is 0.0908. The number of benzene rings is 1. The molecule has 1 fully saturated rings. The van der Waals surface area contributed by atoms with Gasteiger partial charge in [-0.15, -0.1) is 0 Å². The molecule has 1 aliphatic heterocycles. The van der Waals surface area contributed by atoms with Gasteiger partial charge < -0.3 is 5.32 Å². The standard InChI is InChI=1S/C18H20ClN3O/c19-16-5-3-14(4-6-16)13-22-10-7-17(8-11-22)21-18(23)15-2-1-9-20-12-15/h1-6,9,12,17H,7-8,10-11,13H2,(H,21,23). The summed E-state index contributed by atoms with van der Waals surface area (Å²) in [6.07, 6.45) is 5.22. The Morgan fingerprint density at radius 1 is 1.22 bits per heavy atom. The van der Waals surface area contributed by atoms with Crippen LogP contribution in [0.25, 0.3) is 0 Å². The van der Waals surface area contributed by atoms with E-state index in [2.05, 4.69) is 27.3 Å². The van der Waals surface area contributed by atoms with E-state index in [0.717, 1.165) is 37.5 Å². The molecule has 1 saturated heterocycles. The predicted molar refractivity (Wildman–Crippen MR) is 91.5 cm³/mol. The quantitative estimate of drug-likeness (QED) is 0.937. The smallest absolute Gasteiger partial charge is 0.253 e. The van der Waals surface area contributed by atoms with Gasteiger partial charge >= 0.3 is 0 Å². The molecule has 1 amide bonds. The van der Waals surface area contributed by atoms with E-state index in [4.69, 9.17) is 11.6 Å². The fraction of sp³-hybridized carbons (Fsp3) is 0.333. The maximum absolute atomic E-state index is 12.1. The van der Waals surface area contributed by atoms with Crippen molar-refractivity contribution in [1.82, 2.24) is 15.2 Å². The van der Waals surface area contributed by atoms with Crippen LogP contribution in [0.4, 0.5) is 0 Å². The summed E-state index contributed by atoms with van der Waals surface area (Å²) in [5.74, 6) is -0.0331. The van der Waals surface area contributed by atoms with Crippen LogP contribution in [0, 0.1) is 0 Å². The maximum atomic E-state index is 12.1. The minimum absolute atomic E-state index is 0.0331. The van der Waals surface area contributed by atoms with Crippen LogP contribution in [0.1, 0.15) is 28.8 Å². The Labute approximate surface area is 141 Å². The van der Waals surface area contributed by atoms with Crippen molar-refractivity contribution < 1.29 is 4.79 Å². The van der Waals surface area contributed by atoms with Crippen molar-refractivity contribution in [2.45, 2.75) is 25.4 Å². The first-order valence-electron chi connectivity index (χ1n) is 7.88. The molecular weight excluding hydrogens is 310 g/mol. The zero-order valence-corrected chi connectivity index (χ0v) is 13.7. The summed E-state index contributed by atoms with van der Waals surface area (Å²) in [7, 11) is 0. The Kier molecular flexibility index (Phi) is 5.26. The second-order valence-electron chi connectivity index (χ2n) is 5.89. The summed E-state index contributed by atoms with van der Waals surface area (Å²) in [5, 5.41) is 3.87. The van der Waals surface area contributed by atoms with E-state index in [9.17, 15) is 4.79 Å². The van der Waals surface area contributed by atoms with Gasteiger partial charge in [0.15, 0.2) is 0 Å². The zero-order valence-electron chi connectivity index (χ0n) is 12.9. The van der Waals surface area contributed by atoms with Crippen LogP contribution in [-0.4, -0.2) is 34.9 Å². The normalized spacial score (nSPS) is 16.2. The lowest BCUT2D eigenvalue weighted by Gasteiger charge is -2.32. The van der Waals surface area contributed by atoms with Crippen LogP contribution < -0.4 is 5.32 Å². The molecule has 0 radical (unpaired) electrons. The van der Waals surface area contributed by atoms with Crippen LogP contribution in [0.3, 0.4) is 0 Å². The molecule has 1 N–H and O–H groups in total. The van der Waals surface area contributed by atoms with E-state index in [0.29, 0.717) is 5.56 Å². The monoisotopic (exact) mass is 329 g/mol. The van der Waals surface area contributed by atoms with Crippen molar-refractivity contribution in [2.75, 3.05) is 13.1 Å². The number of nitrogens with zero attached hydrogens (tertiary/aromatic N) is 2. The molecule has 0 spiro atoms. The summed E-state index contributed by atoms with van der Waals surface area (Å²) >= 11 is 5.91. The number of likely N-dealkylation sites (tertiary alicyclic amines) is 1. The number of aromatic nitrogens is 1. The lowest BCUT2D eigenvalue weighted by Crippen LogP contribution is -2.44. The van der Waals surface area contributed by atoms with Gasteiger partial charge in [0.2, 0.25) is 0 Å². The third-order valence-electron chi connectivity index (χ3n) is 4.17. The molecule has 0 saturated carbocycles. The molecule has 4 nitrogen and oxygen atoms in total. The average molecular weight is 330 g/mol. The maximum Gasteiger partial charge on any atom is 0.253 e. The van der Waals surface area contributed by atoms with E-state index in [1.165, 1.54) is 5.56 Å². The first kappa shape index (κ1) is 16.0. The molecule has 23 heavy (non-hydrogen) atoms. The van der Waals surface area contributed by atoms with Gasteiger partial charge in [0.25, 0.3) is 5.91 Å². The molecule has 5 heteroatoms. The SMILES string of the molecule is O=C(NC1CCN(Cc2ccc(Cl)cc2)CC1)c1cccnc1. The molecular formula is C18H20ClN3O. The number of piperidine rings is 1. The molecule has 1 aromatic heterocycles. The highest BCUT2D eigenvalue weighted by Gasteiger charge is 2.21. The van der Waals surface area contributed by atoms with Crippen molar-refractivity contribution in [1.29, 1.82) is 0 Å². The van der Waals surface area contributed by atoms with Crippen molar-refractivity contribution in [2.24, 2.45) is 0 Å². The number of hydrogen-bond acceptors (Lipinski definition) is 3. The largest absolute Gasteiger partial charge is 0.349 e. The van der Waals surface area contributed by atoms with Crippen LogP contribution in [0.15, 0.2) is 48.8 Å². The number of carbonyl (C=O) groups is 1. The average Bonchev–Trinajstić information content (AvgIpc) is 2.59. The Morgan fingerprint density at radius 2 is 1.96 bits per heavy atom. The topological polar surface area (TPSA) is 45.2 Å². The number of nitrogens with one attached hydrogen (secondary N) is 1. The highest BCUT2D eigenvalue weighted by atomic mass is 35.5. The Morgan fingerprint density at radius 3 is 2.61 bits per heavy atom. The number of carbonyl (C=O) groups excluding carboxylic acids is 1. The summed E-state index contributed by atoms with van der Waals surface area (Å²) in [6.45, 7) is 2.90. The fourth-order valence-corrected chi connectivity index (χ4v) is 2.98. The van der Waals surface area contributed by atoms with Gasteiger partial charge in [-0.3, -0.25) is 14.7 Å². The highest BCUT2D eigenvalue weighted by Crippen LogP contribution is 2.16. The second-order valence-corrected chi connectivity index (χ2v) is 6.33. The number of pyridine rings is 1. The number of amides is 1. The van der Waals surface area contributed by atoms with E-state index in [1.807, 2.05) is 12.1 Å². The third kappa shape index (κ3) is 4.53. The minimum Gasteiger partial charge on any atom is -0.349 e. The summed E-state index contributed by atoms with van der Waals surface area (Å²) in [6, 6.07) is 11.8. The van der Waals surface area contributed by atoms with E-state index in [-0.39, 0.29) is 11.9 Å². The van der Waals surface area contributed by atoms with Gasteiger partial charge in [-0.1, -0.05) is 23.7 Å². The highest BCUT2D eigenvalue weighted by molar-refractivity contribution is 6.30. The second kappa shape index (κ2) is 7.57. The van der Waals surface area contributed by atoms with Crippen molar-refractivity contribution >= 4 is 17.5 Å². The first-order chi connectivity index (χ1) is 11.2. The zero-order chi connectivity index (χ0) is 16.1. The molecule has 120 valence electrons. The van der Waals surface area contributed by atoms with Gasteiger partial charge in [0, 0.05) is 43.1 Å². The van der Waals surface area contributed by atoms with Gasteiger partial charge in [-0.05, 0) is 42.7 Å². The molecule has 2 heterocycles. The Balaban J connectivity index is 1.47. The van der Waals surface area contributed by atoms with Gasteiger partial charge in [0.1, 0.15) is 0 Å². The van der Waals surface area contributed by atoms with Gasteiger partial charge in [-0.2, -0.15) is 0 Å². The number of hydrogen-bond donors (Lipinski definition) is 1. The number of halogens is 1. The summed E-state index contributed by atoms with van der Waals surface area (Å²) in [4.78, 5) is 18.5. The fourth-order valence-electron chi connectivity index (χ4n) is 2.85. The minimum atomic E-state index is -0.0331. The molecule has 2 aromatic rings. The Bertz CT molecular complexity index is 637. The number of rotatable bonds is 4. The lowest BCUT2D eigenvalue weighted by atomic mass is 10.0. The predicted octanol–water partition coefficient (Wildman–Crippen LogP) is 3.13. The van der Waals surface area contributed by atoms with E-state index < -0.39 is 0 Å². The molecule has 1 aliphatic rings. The van der Waals surface area contributed by atoms with Crippen molar-refractivity contribution in [3.8, 4) is 0 Å². The molecule has 3 rings (SSSR count). The summed E-state index contributed by atoms with van der Waals surface area (Å²) in [5.41, 5.74) is 1.89. The van der Waals surface area contributed by atoms with Crippen molar-refractivity contribution in [3.05, 3.63) is 64.9 Å². The van der Waals surface area contributed by atoms with Crippen LogP contribution in [0.2, 0.25) is 5.02 Å². The van der Waals surface area contributed by atoms with E-state index >= 15 is 0 Å². The van der Waals surface area contributed by atoms with Crippen LogP contribution >= 0.6 is 11.6 Å². The molecule has 1 aromatic carbocycles. The molecule has 0 bridgehead atoms. The third-order valence-corrected chi connectivity index (χ3v) is 4.42. The van der Waals surface area contributed by atoms with Gasteiger partial charge in [0.05, 0.1) is 5.56 Å². The van der Waals surface area contributed by atoms with E-state index in [1.54, 1.807) is 24.5 Å². The molecule has 0 aliphatic carbocycles.